The van der Waals surface area contributed by atoms with Crippen LogP contribution < -0.4 is 10.1 Å². The second-order valence-corrected chi connectivity index (χ2v) is 5.89. The summed E-state index contributed by atoms with van der Waals surface area (Å²) in [4.78, 5) is 0.863. The first-order valence-electron chi connectivity index (χ1n) is 6.72. The van der Waals surface area contributed by atoms with Crippen LogP contribution in [-0.4, -0.2) is 11.7 Å². The summed E-state index contributed by atoms with van der Waals surface area (Å²) in [5, 5.41) is 15.9. The highest BCUT2D eigenvalue weighted by Crippen LogP contribution is 2.42. The lowest BCUT2D eigenvalue weighted by Gasteiger charge is -2.11. The molecule has 1 aromatic carbocycles. The molecule has 0 unspecified atom stereocenters. The molecule has 2 N–H and O–H groups in total. The van der Waals surface area contributed by atoms with Gasteiger partial charge in [0.15, 0.2) is 11.5 Å². The topological polar surface area (TPSA) is 54.6 Å². The largest absolute Gasteiger partial charge is 0.503 e. The molecule has 114 valence electrons. The van der Waals surface area contributed by atoms with E-state index in [0.29, 0.717) is 34.5 Å². The van der Waals surface area contributed by atoms with Gasteiger partial charge in [-0.3, -0.25) is 0 Å². The van der Waals surface area contributed by atoms with E-state index >= 15 is 0 Å². The quantitative estimate of drug-likeness (QED) is 0.645. The minimum atomic E-state index is 0.0601. The van der Waals surface area contributed by atoms with Crippen molar-refractivity contribution in [1.82, 2.24) is 0 Å². The predicted molar refractivity (Wildman–Crippen MR) is 89.6 cm³/mol. The van der Waals surface area contributed by atoms with Gasteiger partial charge in [0.1, 0.15) is 17.7 Å². The lowest BCUT2D eigenvalue weighted by atomic mass is 10.2. The van der Waals surface area contributed by atoms with Crippen LogP contribution in [0.25, 0.3) is 10.6 Å². The summed E-state index contributed by atoms with van der Waals surface area (Å²) in [7, 11) is 0. The molecule has 0 saturated heterocycles. The van der Waals surface area contributed by atoms with Crippen LogP contribution in [0.3, 0.4) is 0 Å². The van der Waals surface area contributed by atoms with Crippen molar-refractivity contribution in [1.29, 1.82) is 0 Å². The lowest BCUT2D eigenvalue weighted by Crippen LogP contribution is -1.97. The van der Waals surface area contributed by atoms with E-state index in [2.05, 4.69) is 5.32 Å². The smallest absolute Gasteiger partial charge is 0.187 e. The van der Waals surface area contributed by atoms with Gasteiger partial charge in [-0.2, -0.15) is 0 Å². The van der Waals surface area contributed by atoms with Crippen molar-refractivity contribution in [2.24, 2.45) is 0 Å². The number of benzene rings is 1. The SMILES string of the molecule is CCOc1ccc(Cl)cc1Nc1coc(-c2cccs2)c1O. The molecule has 22 heavy (non-hydrogen) atoms. The predicted octanol–water partition coefficient (Wildman–Crippen LogP) is 5.51. The summed E-state index contributed by atoms with van der Waals surface area (Å²) in [6.45, 7) is 2.44. The molecule has 0 radical (unpaired) electrons. The summed E-state index contributed by atoms with van der Waals surface area (Å²) < 4.78 is 11.0. The second-order valence-electron chi connectivity index (χ2n) is 4.50. The van der Waals surface area contributed by atoms with Crippen LogP contribution in [0, 0.1) is 0 Å². The molecule has 0 fully saturated rings. The van der Waals surface area contributed by atoms with Crippen molar-refractivity contribution >= 4 is 34.3 Å². The highest BCUT2D eigenvalue weighted by atomic mass is 35.5. The Balaban J connectivity index is 1.92. The van der Waals surface area contributed by atoms with Crippen LogP contribution in [0.5, 0.6) is 11.5 Å². The number of ether oxygens (including phenoxy) is 1. The third-order valence-corrected chi connectivity index (χ3v) is 4.12. The number of hydrogen-bond acceptors (Lipinski definition) is 5. The van der Waals surface area contributed by atoms with Crippen molar-refractivity contribution in [3.63, 3.8) is 0 Å². The molecular weight excluding hydrogens is 322 g/mol. The number of hydrogen-bond donors (Lipinski definition) is 2. The number of thiophene rings is 1. The normalized spacial score (nSPS) is 10.6. The first-order chi connectivity index (χ1) is 10.7. The Morgan fingerprint density at radius 2 is 2.18 bits per heavy atom. The summed E-state index contributed by atoms with van der Waals surface area (Å²) in [5.74, 6) is 1.16. The Morgan fingerprint density at radius 3 is 2.91 bits per heavy atom. The number of anilines is 2. The van der Waals surface area contributed by atoms with Crippen LogP contribution in [0.1, 0.15) is 6.92 Å². The average molecular weight is 336 g/mol. The number of aromatic hydroxyl groups is 1. The van der Waals surface area contributed by atoms with E-state index in [4.69, 9.17) is 20.8 Å². The van der Waals surface area contributed by atoms with Gasteiger partial charge in [-0.15, -0.1) is 11.3 Å². The summed E-state index contributed by atoms with van der Waals surface area (Å²) in [5.41, 5.74) is 1.13. The van der Waals surface area contributed by atoms with Gasteiger partial charge < -0.3 is 19.6 Å². The maximum Gasteiger partial charge on any atom is 0.187 e. The molecule has 0 amide bonds. The molecule has 3 aromatic rings. The molecule has 3 rings (SSSR count). The Hall–Kier alpha value is -2.11. The zero-order valence-corrected chi connectivity index (χ0v) is 13.4. The van der Waals surface area contributed by atoms with E-state index < -0.39 is 0 Å². The third kappa shape index (κ3) is 2.91. The monoisotopic (exact) mass is 335 g/mol. The first-order valence-corrected chi connectivity index (χ1v) is 7.98. The van der Waals surface area contributed by atoms with Gasteiger partial charge in [-0.25, -0.2) is 0 Å². The number of nitrogens with one attached hydrogen (secondary N) is 1. The third-order valence-electron chi connectivity index (χ3n) is 3.02. The fourth-order valence-electron chi connectivity index (χ4n) is 2.05. The fraction of sp³-hybridized carbons (Fsp3) is 0.125. The Labute approximate surface area is 136 Å². The first kappa shape index (κ1) is 14.8. The molecule has 0 aliphatic heterocycles. The molecule has 2 heterocycles. The van der Waals surface area contributed by atoms with Gasteiger partial charge in [-0.05, 0) is 36.6 Å². The van der Waals surface area contributed by atoms with E-state index in [1.54, 1.807) is 18.2 Å². The average Bonchev–Trinajstić information content (AvgIpc) is 3.13. The van der Waals surface area contributed by atoms with Gasteiger partial charge in [0.2, 0.25) is 0 Å². The molecule has 0 saturated carbocycles. The molecule has 6 heteroatoms. The zero-order valence-electron chi connectivity index (χ0n) is 11.8. The van der Waals surface area contributed by atoms with Gasteiger partial charge in [0, 0.05) is 5.02 Å². The molecule has 4 nitrogen and oxygen atoms in total. The number of rotatable bonds is 5. The van der Waals surface area contributed by atoms with E-state index in [1.807, 2.05) is 24.4 Å². The van der Waals surface area contributed by atoms with Crippen molar-refractivity contribution < 1.29 is 14.3 Å². The van der Waals surface area contributed by atoms with Crippen molar-refractivity contribution in [2.75, 3.05) is 11.9 Å². The van der Waals surface area contributed by atoms with Crippen LogP contribution in [0.2, 0.25) is 5.02 Å². The van der Waals surface area contributed by atoms with E-state index in [1.165, 1.54) is 17.6 Å². The van der Waals surface area contributed by atoms with Crippen LogP contribution in [0.15, 0.2) is 46.4 Å². The summed E-state index contributed by atoms with van der Waals surface area (Å²) in [6, 6.07) is 9.07. The van der Waals surface area contributed by atoms with Crippen molar-refractivity contribution in [3.05, 3.63) is 47.0 Å². The van der Waals surface area contributed by atoms with Crippen LogP contribution in [0.4, 0.5) is 11.4 Å². The van der Waals surface area contributed by atoms with E-state index in [-0.39, 0.29) is 5.75 Å². The Kier molecular flexibility index (Phi) is 4.27. The lowest BCUT2D eigenvalue weighted by molar-refractivity contribution is 0.342. The maximum absolute atomic E-state index is 10.3. The van der Waals surface area contributed by atoms with Crippen molar-refractivity contribution in [3.8, 4) is 22.1 Å². The highest BCUT2D eigenvalue weighted by Gasteiger charge is 2.16. The zero-order chi connectivity index (χ0) is 15.5. The van der Waals surface area contributed by atoms with E-state index in [9.17, 15) is 5.11 Å². The van der Waals surface area contributed by atoms with Gasteiger partial charge in [0.25, 0.3) is 0 Å². The van der Waals surface area contributed by atoms with E-state index in [0.717, 1.165) is 4.88 Å². The fourth-order valence-corrected chi connectivity index (χ4v) is 2.93. The van der Waals surface area contributed by atoms with Crippen molar-refractivity contribution in [2.45, 2.75) is 6.92 Å². The molecule has 0 atom stereocenters. The van der Waals surface area contributed by atoms with Crippen LogP contribution >= 0.6 is 22.9 Å². The second kappa shape index (κ2) is 6.34. The standard InChI is InChI=1S/C16H14ClNO3S/c1-2-20-13-6-5-10(17)8-11(13)18-12-9-21-16(15(12)19)14-4-3-7-22-14/h3-9,18-19H,2H2,1H3. The molecule has 0 bridgehead atoms. The number of halogens is 1. The van der Waals surface area contributed by atoms with Gasteiger partial charge >= 0.3 is 0 Å². The Morgan fingerprint density at radius 1 is 1.32 bits per heavy atom. The summed E-state index contributed by atoms with van der Waals surface area (Å²) in [6.07, 6.45) is 1.47. The van der Waals surface area contributed by atoms with Crippen LogP contribution in [-0.2, 0) is 0 Å². The molecule has 0 aliphatic rings. The highest BCUT2D eigenvalue weighted by molar-refractivity contribution is 7.13. The minimum Gasteiger partial charge on any atom is -0.503 e. The summed E-state index contributed by atoms with van der Waals surface area (Å²) >= 11 is 7.53. The molecular formula is C16H14ClNO3S. The maximum atomic E-state index is 10.3. The molecule has 0 spiro atoms. The molecule has 0 aliphatic carbocycles. The van der Waals surface area contributed by atoms with Gasteiger partial charge in [0.05, 0.1) is 17.2 Å². The molecule has 2 aromatic heterocycles. The number of furan rings is 1. The minimum absolute atomic E-state index is 0.0601. The van der Waals surface area contributed by atoms with Gasteiger partial charge in [-0.1, -0.05) is 17.7 Å². The Bertz CT molecular complexity index is 768.